The number of rotatable bonds is 8. The Kier molecular flexibility index (Phi) is 7.88. The van der Waals surface area contributed by atoms with Crippen LogP contribution in [-0.4, -0.2) is 32.0 Å². The Morgan fingerprint density at radius 1 is 1.23 bits per heavy atom. The molecule has 1 fully saturated rings. The summed E-state index contributed by atoms with van der Waals surface area (Å²) < 4.78 is 30.3. The second-order valence-corrected chi connectivity index (χ2v) is 10.7. The summed E-state index contributed by atoms with van der Waals surface area (Å²) in [6.07, 6.45) is 4.92. The van der Waals surface area contributed by atoms with Crippen LogP contribution in [0.3, 0.4) is 0 Å². The van der Waals surface area contributed by atoms with Crippen LogP contribution >= 0.6 is 15.6 Å². The van der Waals surface area contributed by atoms with E-state index in [0.29, 0.717) is 5.92 Å². The summed E-state index contributed by atoms with van der Waals surface area (Å²) in [7, 11) is -9.91. The van der Waals surface area contributed by atoms with Crippen molar-refractivity contribution in [2.45, 2.75) is 65.9 Å². The first-order valence-electron chi connectivity index (χ1n) is 8.71. The minimum atomic E-state index is -5.10. The van der Waals surface area contributed by atoms with Crippen LogP contribution in [-0.2, 0) is 18.0 Å². The van der Waals surface area contributed by atoms with E-state index in [1.807, 2.05) is 13.8 Å². The largest absolute Gasteiger partial charge is 0.481 e. The lowest BCUT2D eigenvalue weighted by Gasteiger charge is -2.52. The molecule has 0 amide bonds. The van der Waals surface area contributed by atoms with Gasteiger partial charge in [0.25, 0.3) is 0 Å². The molecule has 1 saturated carbocycles. The molecule has 5 atom stereocenters. The third kappa shape index (κ3) is 6.84. The summed E-state index contributed by atoms with van der Waals surface area (Å²) >= 11 is 0. The van der Waals surface area contributed by atoms with Gasteiger partial charge in [0.05, 0.1) is 12.2 Å². The van der Waals surface area contributed by atoms with Crippen LogP contribution in [0, 0.1) is 17.3 Å². The number of phosphoric ester groups is 1. The van der Waals surface area contributed by atoms with Gasteiger partial charge in [-0.1, -0.05) is 32.4 Å². The molecular weight excluding hydrogens is 382 g/mol. The number of aliphatic hydroxyl groups is 1. The molecule has 154 valence electrons. The highest BCUT2D eigenvalue weighted by atomic mass is 31.3. The van der Waals surface area contributed by atoms with E-state index in [9.17, 15) is 19.1 Å². The quantitative estimate of drug-likeness (QED) is 0.348. The van der Waals surface area contributed by atoms with Crippen molar-refractivity contribution in [1.82, 2.24) is 0 Å². The average molecular weight is 414 g/mol. The molecule has 10 heteroatoms. The molecule has 8 nitrogen and oxygen atoms in total. The highest BCUT2D eigenvalue weighted by Gasteiger charge is 2.48. The molecule has 0 bridgehead atoms. The summed E-state index contributed by atoms with van der Waals surface area (Å²) in [6, 6.07) is 0. The van der Waals surface area contributed by atoms with Crippen molar-refractivity contribution >= 4 is 15.6 Å². The van der Waals surface area contributed by atoms with Gasteiger partial charge >= 0.3 is 15.6 Å². The van der Waals surface area contributed by atoms with Crippen molar-refractivity contribution in [1.29, 1.82) is 0 Å². The predicted molar refractivity (Wildman–Crippen MR) is 98.2 cm³/mol. The fraction of sp³-hybridized carbons (Fsp3) is 0.875. The average Bonchev–Trinajstić information content (AvgIpc) is 2.45. The lowest BCUT2D eigenvalue weighted by molar-refractivity contribution is -0.114. The van der Waals surface area contributed by atoms with E-state index < -0.39 is 21.2 Å². The van der Waals surface area contributed by atoms with Crippen molar-refractivity contribution in [3.63, 3.8) is 0 Å². The maximum atomic E-state index is 11.4. The third-order valence-corrected chi connectivity index (χ3v) is 8.22. The highest BCUT2D eigenvalue weighted by Crippen LogP contribution is 2.57. The minimum Gasteiger partial charge on any atom is -0.390 e. The Morgan fingerprint density at radius 2 is 1.81 bits per heavy atom. The second-order valence-electron chi connectivity index (χ2n) is 7.91. The topological polar surface area (TPSA) is 134 Å². The summed E-state index contributed by atoms with van der Waals surface area (Å²) in [5, 5.41) is 10.6. The zero-order valence-electron chi connectivity index (χ0n) is 16.1. The van der Waals surface area contributed by atoms with E-state index in [1.165, 1.54) is 0 Å². The van der Waals surface area contributed by atoms with Gasteiger partial charge in [-0.25, -0.2) is 9.13 Å². The Bertz CT molecular complexity index is 611. The Hall–Kier alpha value is -0.0400. The zero-order valence-corrected chi connectivity index (χ0v) is 17.9. The third-order valence-electron chi connectivity index (χ3n) is 6.07. The molecule has 0 radical (unpaired) electrons. The molecule has 0 spiro atoms. The van der Waals surface area contributed by atoms with Gasteiger partial charge in [-0.3, -0.25) is 4.52 Å². The predicted octanol–water partition coefficient (Wildman–Crippen LogP) is 3.76. The van der Waals surface area contributed by atoms with Crippen molar-refractivity contribution in [2.24, 2.45) is 17.3 Å². The molecule has 1 aliphatic carbocycles. The standard InChI is InChI=1S/C16H32O8P2/c1-12(8-11-23-26(21,22)24-25(18,19)20)6-9-15(4)13(2)7-10-16(5,17)14(15)3/h8,13-14,17H,6-7,9-11H2,1-5H3,(H,21,22)(H2,18,19,20)/b12-8+/t13-,14-,15+,16-/m0/s1. The molecule has 1 unspecified atom stereocenters. The molecule has 1 aliphatic rings. The molecule has 4 N–H and O–H groups in total. The second kappa shape index (κ2) is 8.54. The Balaban J connectivity index is 2.62. The van der Waals surface area contributed by atoms with Crippen LogP contribution in [0.15, 0.2) is 11.6 Å². The van der Waals surface area contributed by atoms with Gasteiger partial charge in [-0.2, -0.15) is 4.31 Å². The maximum Gasteiger partial charge on any atom is 0.481 e. The first kappa shape index (κ1) is 24.0. The smallest absolute Gasteiger partial charge is 0.390 e. The van der Waals surface area contributed by atoms with Crippen molar-refractivity contribution in [3.05, 3.63) is 11.6 Å². The first-order valence-corrected chi connectivity index (χ1v) is 11.7. The number of hydrogen-bond acceptors (Lipinski definition) is 5. The molecular formula is C16H32O8P2. The van der Waals surface area contributed by atoms with E-state index >= 15 is 0 Å². The molecule has 0 aliphatic heterocycles. The molecule has 0 aromatic rings. The number of hydrogen-bond donors (Lipinski definition) is 4. The maximum absolute atomic E-state index is 11.4. The Morgan fingerprint density at radius 3 is 2.35 bits per heavy atom. The molecule has 0 saturated heterocycles. The molecule has 0 heterocycles. The monoisotopic (exact) mass is 414 g/mol. The van der Waals surface area contributed by atoms with E-state index in [1.54, 1.807) is 6.08 Å². The van der Waals surface area contributed by atoms with Gasteiger partial charge < -0.3 is 19.8 Å². The lowest BCUT2D eigenvalue weighted by atomic mass is 9.55. The fourth-order valence-corrected chi connectivity index (χ4v) is 5.18. The van der Waals surface area contributed by atoms with Crippen molar-refractivity contribution in [3.8, 4) is 0 Å². The van der Waals surface area contributed by atoms with E-state index in [0.717, 1.165) is 31.3 Å². The summed E-state index contributed by atoms with van der Waals surface area (Å²) in [4.78, 5) is 26.3. The van der Waals surface area contributed by atoms with Gasteiger partial charge in [0.1, 0.15) is 0 Å². The van der Waals surface area contributed by atoms with E-state index in [-0.39, 0.29) is 17.9 Å². The van der Waals surface area contributed by atoms with E-state index in [2.05, 4.69) is 29.6 Å². The molecule has 0 aromatic heterocycles. The van der Waals surface area contributed by atoms with Crippen molar-refractivity contribution < 1.29 is 37.8 Å². The van der Waals surface area contributed by atoms with Gasteiger partial charge in [0.2, 0.25) is 0 Å². The van der Waals surface area contributed by atoms with Gasteiger partial charge in [0.15, 0.2) is 0 Å². The summed E-state index contributed by atoms with van der Waals surface area (Å²) in [5.74, 6) is 0.605. The van der Waals surface area contributed by atoms with E-state index in [4.69, 9.17) is 9.79 Å². The molecule has 1 rings (SSSR count). The minimum absolute atomic E-state index is 0.0342. The normalized spacial score (nSPS) is 36.0. The number of allylic oxidation sites excluding steroid dienone is 1. The molecule has 26 heavy (non-hydrogen) atoms. The van der Waals surface area contributed by atoms with Crippen LogP contribution in [0.5, 0.6) is 0 Å². The SMILES string of the molecule is C/C(=C\COP(=O)(O)OP(=O)(O)O)CC[C@]1(C)[C@@H](C)CC[C@](C)(O)[C@H]1C. The van der Waals surface area contributed by atoms with Gasteiger partial charge in [-0.15, -0.1) is 0 Å². The van der Waals surface area contributed by atoms with Crippen LogP contribution in [0.25, 0.3) is 0 Å². The van der Waals surface area contributed by atoms with Crippen molar-refractivity contribution in [2.75, 3.05) is 6.61 Å². The van der Waals surface area contributed by atoms with Gasteiger partial charge in [-0.05, 0) is 56.8 Å². The summed E-state index contributed by atoms with van der Waals surface area (Å²) in [5.41, 5.74) is 0.200. The fourth-order valence-electron chi connectivity index (χ4n) is 3.66. The van der Waals surface area contributed by atoms with Crippen LogP contribution in [0.1, 0.15) is 60.3 Å². The van der Waals surface area contributed by atoms with Gasteiger partial charge in [0, 0.05) is 0 Å². The van der Waals surface area contributed by atoms with Crippen LogP contribution in [0.2, 0.25) is 0 Å². The van der Waals surface area contributed by atoms with Crippen LogP contribution < -0.4 is 0 Å². The number of phosphoric acid groups is 2. The van der Waals surface area contributed by atoms with Crippen LogP contribution in [0.4, 0.5) is 0 Å². The Labute approximate surface area is 155 Å². The highest BCUT2D eigenvalue weighted by molar-refractivity contribution is 7.60. The lowest BCUT2D eigenvalue weighted by Crippen LogP contribution is -2.50. The zero-order chi connectivity index (χ0) is 20.4. The molecule has 0 aromatic carbocycles. The first-order chi connectivity index (χ1) is 11.6. The summed E-state index contributed by atoms with van der Waals surface area (Å²) in [6.45, 7) is 9.93.